The molecule has 0 unspecified atom stereocenters. The molecule has 0 aliphatic heterocycles. The summed E-state index contributed by atoms with van der Waals surface area (Å²) in [7, 11) is 1.49. The SMILES string of the molecule is COCNC(=O)Oc1cccc(C)c1. The zero-order chi connectivity index (χ0) is 10.4. The Morgan fingerprint density at radius 2 is 2.29 bits per heavy atom. The van der Waals surface area contributed by atoms with Crippen LogP contribution < -0.4 is 10.1 Å². The summed E-state index contributed by atoms with van der Waals surface area (Å²) in [6.07, 6.45) is -0.516. The van der Waals surface area contributed by atoms with Crippen molar-refractivity contribution in [1.29, 1.82) is 0 Å². The predicted molar refractivity (Wildman–Crippen MR) is 52.2 cm³/mol. The molecule has 4 nitrogen and oxygen atoms in total. The highest BCUT2D eigenvalue weighted by atomic mass is 16.6. The first-order chi connectivity index (χ1) is 6.72. The Morgan fingerprint density at radius 3 is 2.93 bits per heavy atom. The van der Waals surface area contributed by atoms with E-state index in [2.05, 4.69) is 10.1 Å². The largest absolute Gasteiger partial charge is 0.414 e. The maximum atomic E-state index is 11.1. The van der Waals surface area contributed by atoms with Crippen molar-refractivity contribution in [2.45, 2.75) is 6.92 Å². The van der Waals surface area contributed by atoms with E-state index in [1.807, 2.05) is 19.1 Å². The average molecular weight is 195 g/mol. The van der Waals surface area contributed by atoms with Gasteiger partial charge in [0.05, 0.1) is 0 Å². The number of methoxy groups -OCH3 is 1. The van der Waals surface area contributed by atoms with Crippen LogP contribution in [0.3, 0.4) is 0 Å². The third-order valence-corrected chi connectivity index (χ3v) is 1.56. The number of hydrogen-bond acceptors (Lipinski definition) is 3. The van der Waals surface area contributed by atoms with Gasteiger partial charge in [0, 0.05) is 7.11 Å². The molecule has 0 aromatic heterocycles. The lowest BCUT2D eigenvalue weighted by atomic mass is 10.2. The highest BCUT2D eigenvalue weighted by Crippen LogP contribution is 2.11. The van der Waals surface area contributed by atoms with Gasteiger partial charge in [0.1, 0.15) is 12.5 Å². The number of aryl methyl sites for hydroxylation is 1. The topological polar surface area (TPSA) is 47.6 Å². The van der Waals surface area contributed by atoms with Crippen LogP contribution in [0.15, 0.2) is 24.3 Å². The maximum absolute atomic E-state index is 11.1. The van der Waals surface area contributed by atoms with Crippen LogP contribution in [0, 0.1) is 6.92 Å². The summed E-state index contributed by atoms with van der Waals surface area (Å²) in [6, 6.07) is 7.26. The van der Waals surface area contributed by atoms with Crippen molar-refractivity contribution < 1.29 is 14.3 Å². The van der Waals surface area contributed by atoms with Gasteiger partial charge in [-0.15, -0.1) is 0 Å². The summed E-state index contributed by atoms with van der Waals surface area (Å²) < 4.78 is 9.63. The molecule has 0 saturated carbocycles. The van der Waals surface area contributed by atoms with Crippen LogP contribution in [0.4, 0.5) is 4.79 Å². The lowest BCUT2D eigenvalue weighted by molar-refractivity contribution is 0.153. The fraction of sp³-hybridized carbons (Fsp3) is 0.300. The van der Waals surface area contributed by atoms with Gasteiger partial charge in [-0.05, 0) is 24.6 Å². The van der Waals surface area contributed by atoms with E-state index in [4.69, 9.17) is 4.74 Å². The Labute approximate surface area is 82.8 Å². The molecule has 0 saturated heterocycles. The van der Waals surface area contributed by atoms with Crippen molar-refractivity contribution in [1.82, 2.24) is 5.32 Å². The molecule has 4 heteroatoms. The Kier molecular flexibility index (Phi) is 3.94. The second-order valence-corrected chi connectivity index (χ2v) is 2.82. The monoisotopic (exact) mass is 195 g/mol. The molecule has 1 amide bonds. The molecule has 0 bridgehead atoms. The molecular formula is C10H13NO3. The van der Waals surface area contributed by atoms with E-state index in [1.54, 1.807) is 12.1 Å². The van der Waals surface area contributed by atoms with E-state index in [0.29, 0.717) is 5.75 Å². The fourth-order valence-electron chi connectivity index (χ4n) is 0.953. The third-order valence-electron chi connectivity index (χ3n) is 1.56. The molecule has 0 fully saturated rings. The molecular weight excluding hydrogens is 182 g/mol. The number of carbonyl (C=O) groups excluding carboxylic acids is 1. The second kappa shape index (κ2) is 5.24. The molecule has 14 heavy (non-hydrogen) atoms. The quantitative estimate of drug-likeness (QED) is 0.746. The summed E-state index contributed by atoms with van der Waals surface area (Å²) in [5.74, 6) is 0.526. The number of ether oxygens (including phenoxy) is 2. The Hall–Kier alpha value is -1.55. The molecule has 0 atom stereocenters. The van der Waals surface area contributed by atoms with Gasteiger partial charge in [0.25, 0.3) is 0 Å². The van der Waals surface area contributed by atoms with Gasteiger partial charge in [0.2, 0.25) is 0 Å². The van der Waals surface area contributed by atoms with Crippen LogP contribution >= 0.6 is 0 Å². The Morgan fingerprint density at radius 1 is 1.50 bits per heavy atom. The van der Waals surface area contributed by atoms with E-state index >= 15 is 0 Å². The van der Waals surface area contributed by atoms with E-state index < -0.39 is 6.09 Å². The predicted octanol–water partition coefficient (Wildman–Crippen LogP) is 1.69. The van der Waals surface area contributed by atoms with Crippen LogP contribution in [-0.2, 0) is 4.74 Å². The van der Waals surface area contributed by atoms with Crippen molar-refractivity contribution in [2.24, 2.45) is 0 Å². The molecule has 1 rings (SSSR count). The zero-order valence-electron chi connectivity index (χ0n) is 8.24. The summed E-state index contributed by atoms with van der Waals surface area (Å²) in [4.78, 5) is 11.1. The van der Waals surface area contributed by atoms with Crippen LogP contribution in [0.5, 0.6) is 5.75 Å². The second-order valence-electron chi connectivity index (χ2n) is 2.82. The normalized spacial score (nSPS) is 9.57. The smallest absolute Gasteiger partial charge is 0.410 e. The van der Waals surface area contributed by atoms with Crippen LogP contribution in [0.25, 0.3) is 0 Å². The van der Waals surface area contributed by atoms with Crippen LogP contribution in [0.1, 0.15) is 5.56 Å². The van der Waals surface area contributed by atoms with Gasteiger partial charge in [-0.1, -0.05) is 12.1 Å². The third kappa shape index (κ3) is 3.45. The van der Waals surface area contributed by atoms with E-state index in [-0.39, 0.29) is 6.73 Å². The maximum Gasteiger partial charge on any atom is 0.414 e. The number of amides is 1. The van der Waals surface area contributed by atoms with Crippen LogP contribution in [-0.4, -0.2) is 19.9 Å². The Bertz CT molecular complexity index is 312. The number of benzene rings is 1. The summed E-state index contributed by atoms with van der Waals surface area (Å²) in [5, 5.41) is 2.42. The van der Waals surface area contributed by atoms with E-state index in [0.717, 1.165) is 5.56 Å². The van der Waals surface area contributed by atoms with Gasteiger partial charge in [-0.2, -0.15) is 0 Å². The molecule has 0 radical (unpaired) electrons. The molecule has 0 aliphatic carbocycles. The molecule has 0 aliphatic rings. The van der Waals surface area contributed by atoms with E-state index in [9.17, 15) is 4.79 Å². The minimum absolute atomic E-state index is 0.144. The number of carbonyl (C=O) groups is 1. The molecule has 1 aromatic rings. The molecule has 1 N–H and O–H groups in total. The average Bonchev–Trinajstić information content (AvgIpc) is 2.15. The minimum atomic E-state index is -0.516. The first-order valence-electron chi connectivity index (χ1n) is 4.23. The van der Waals surface area contributed by atoms with Gasteiger partial charge in [-0.3, -0.25) is 5.32 Å². The van der Waals surface area contributed by atoms with Crippen molar-refractivity contribution >= 4 is 6.09 Å². The highest BCUT2D eigenvalue weighted by molar-refractivity contribution is 5.70. The number of hydrogen-bond donors (Lipinski definition) is 1. The van der Waals surface area contributed by atoms with Crippen molar-refractivity contribution in [2.75, 3.05) is 13.8 Å². The van der Waals surface area contributed by atoms with Crippen molar-refractivity contribution in [3.63, 3.8) is 0 Å². The van der Waals surface area contributed by atoms with Gasteiger partial charge >= 0.3 is 6.09 Å². The molecule has 0 spiro atoms. The first kappa shape index (κ1) is 10.5. The lowest BCUT2D eigenvalue weighted by Crippen LogP contribution is -2.28. The summed E-state index contributed by atoms with van der Waals surface area (Å²) in [5.41, 5.74) is 1.04. The summed E-state index contributed by atoms with van der Waals surface area (Å²) >= 11 is 0. The standard InChI is InChI=1S/C10H13NO3/c1-8-4-3-5-9(6-8)14-10(12)11-7-13-2/h3-6H,7H2,1-2H3,(H,11,12). The highest BCUT2D eigenvalue weighted by Gasteiger charge is 2.02. The van der Waals surface area contributed by atoms with E-state index in [1.165, 1.54) is 7.11 Å². The molecule has 0 heterocycles. The summed E-state index contributed by atoms with van der Waals surface area (Å²) in [6.45, 7) is 2.07. The van der Waals surface area contributed by atoms with Crippen molar-refractivity contribution in [3.8, 4) is 5.75 Å². The number of rotatable bonds is 3. The fourth-order valence-corrected chi connectivity index (χ4v) is 0.953. The molecule has 1 aromatic carbocycles. The minimum Gasteiger partial charge on any atom is -0.410 e. The van der Waals surface area contributed by atoms with Gasteiger partial charge < -0.3 is 9.47 Å². The lowest BCUT2D eigenvalue weighted by Gasteiger charge is -2.05. The zero-order valence-corrected chi connectivity index (χ0v) is 8.24. The first-order valence-corrected chi connectivity index (χ1v) is 4.23. The van der Waals surface area contributed by atoms with Crippen LogP contribution in [0.2, 0.25) is 0 Å². The van der Waals surface area contributed by atoms with Gasteiger partial charge in [0.15, 0.2) is 0 Å². The van der Waals surface area contributed by atoms with Gasteiger partial charge in [-0.25, -0.2) is 4.79 Å². The number of nitrogens with one attached hydrogen (secondary N) is 1. The van der Waals surface area contributed by atoms with Crippen molar-refractivity contribution in [3.05, 3.63) is 29.8 Å². The molecule has 76 valence electrons. The Balaban J connectivity index is 2.47.